The van der Waals surface area contributed by atoms with Crippen LogP contribution in [0.1, 0.15) is 16.7 Å². The third-order valence-corrected chi connectivity index (χ3v) is 6.35. The molecule has 152 valence electrons. The van der Waals surface area contributed by atoms with Crippen LogP contribution in [0.2, 0.25) is 5.02 Å². The second kappa shape index (κ2) is 8.86. The van der Waals surface area contributed by atoms with Gasteiger partial charge in [0, 0.05) is 5.02 Å². The van der Waals surface area contributed by atoms with Crippen molar-refractivity contribution < 1.29 is 9.53 Å². The molecule has 0 fully saturated rings. The van der Waals surface area contributed by atoms with Crippen LogP contribution >= 0.6 is 22.9 Å². The van der Waals surface area contributed by atoms with E-state index in [0.717, 1.165) is 26.9 Å². The maximum Gasteiger partial charge on any atom is 0.267 e. The molecule has 6 heteroatoms. The van der Waals surface area contributed by atoms with E-state index in [1.807, 2.05) is 80.6 Å². The number of aromatic nitrogens is 1. The van der Waals surface area contributed by atoms with Gasteiger partial charge in [0.15, 0.2) is 11.7 Å². The van der Waals surface area contributed by atoms with Gasteiger partial charge < -0.3 is 4.74 Å². The number of ether oxygens (including phenoxy) is 1. The molecule has 0 spiro atoms. The quantitative estimate of drug-likeness (QED) is 0.362. The minimum absolute atomic E-state index is 0.0622. The number of hydrogen-bond acceptors (Lipinski definition) is 4. The van der Waals surface area contributed by atoms with Gasteiger partial charge in [0.05, 0.1) is 16.8 Å². The highest BCUT2D eigenvalue weighted by molar-refractivity contribution is 7.22. The zero-order chi connectivity index (χ0) is 21.1. The number of para-hydroxylation sites is 1. The first-order valence-electron chi connectivity index (χ1n) is 9.61. The molecule has 1 heterocycles. The highest BCUT2D eigenvalue weighted by Gasteiger charge is 2.22. The van der Waals surface area contributed by atoms with Gasteiger partial charge in [0.1, 0.15) is 5.75 Å². The molecule has 0 aliphatic rings. The molecule has 0 N–H and O–H groups in total. The summed E-state index contributed by atoms with van der Waals surface area (Å²) in [6.45, 7) is 4.26. The van der Waals surface area contributed by atoms with Gasteiger partial charge in [-0.15, -0.1) is 0 Å². The van der Waals surface area contributed by atoms with Crippen LogP contribution in [0.15, 0.2) is 66.7 Å². The molecule has 4 nitrogen and oxygen atoms in total. The van der Waals surface area contributed by atoms with E-state index in [9.17, 15) is 4.79 Å². The molecule has 4 aromatic rings. The fourth-order valence-corrected chi connectivity index (χ4v) is 4.36. The molecule has 0 atom stereocenters. The molecule has 0 aliphatic heterocycles. The van der Waals surface area contributed by atoms with Gasteiger partial charge in [0.25, 0.3) is 5.91 Å². The van der Waals surface area contributed by atoms with E-state index in [1.165, 1.54) is 11.3 Å². The molecule has 0 unspecified atom stereocenters. The fraction of sp³-hybridized carbons (Fsp3) is 0.167. The minimum Gasteiger partial charge on any atom is -0.483 e. The van der Waals surface area contributed by atoms with Crippen molar-refractivity contribution >= 4 is 44.2 Å². The average molecular weight is 437 g/mol. The summed E-state index contributed by atoms with van der Waals surface area (Å²) >= 11 is 7.75. The van der Waals surface area contributed by atoms with Crippen LogP contribution in [-0.4, -0.2) is 17.5 Å². The van der Waals surface area contributed by atoms with Crippen molar-refractivity contribution in [3.05, 3.63) is 88.4 Å². The van der Waals surface area contributed by atoms with Crippen LogP contribution in [0.3, 0.4) is 0 Å². The van der Waals surface area contributed by atoms with Crippen molar-refractivity contribution in [2.75, 3.05) is 11.5 Å². The number of benzene rings is 3. The maximum absolute atomic E-state index is 13.2. The number of carbonyl (C=O) groups excluding carboxylic acids is 1. The smallest absolute Gasteiger partial charge is 0.267 e. The van der Waals surface area contributed by atoms with Gasteiger partial charge in [-0.1, -0.05) is 71.5 Å². The molecule has 1 amide bonds. The van der Waals surface area contributed by atoms with Crippen molar-refractivity contribution in [3.8, 4) is 5.75 Å². The minimum atomic E-state index is -0.148. The van der Waals surface area contributed by atoms with E-state index in [1.54, 1.807) is 4.90 Å². The molecule has 0 saturated heterocycles. The Balaban J connectivity index is 1.65. The molecule has 1 aromatic heterocycles. The summed E-state index contributed by atoms with van der Waals surface area (Å²) in [5.74, 6) is 0.558. The molecule has 0 saturated carbocycles. The van der Waals surface area contributed by atoms with Crippen LogP contribution in [0.5, 0.6) is 5.75 Å². The number of carbonyl (C=O) groups is 1. The predicted molar refractivity (Wildman–Crippen MR) is 124 cm³/mol. The van der Waals surface area contributed by atoms with Crippen molar-refractivity contribution in [2.24, 2.45) is 0 Å². The summed E-state index contributed by atoms with van der Waals surface area (Å²) < 4.78 is 6.82. The number of amides is 1. The van der Waals surface area contributed by atoms with E-state index in [-0.39, 0.29) is 12.5 Å². The van der Waals surface area contributed by atoms with Gasteiger partial charge in [-0.2, -0.15) is 0 Å². The second-order valence-electron chi connectivity index (χ2n) is 7.04. The molecule has 0 bridgehead atoms. The van der Waals surface area contributed by atoms with E-state index < -0.39 is 0 Å². The summed E-state index contributed by atoms with van der Waals surface area (Å²) in [7, 11) is 0. The highest BCUT2D eigenvalue weighted by atomic mass is 35.5. The van der Waals surface area contributed by atoms with Crippen molar-refractivity contribution in [1.82, 2.24) is 4.98 Å². The monoisotopic (exact) mass is 436 g/mol. The van der Waals surface area contributed by atoms with Crippen molar-refractivity contribution in [3.63, 3.8) is 0 Å². The molecule has 4 rings (SSSR count). The number of halogens is 1. The van der Waals surface area contributed by atoms with E-state index in [4.69, 9.17) is 21.3 Å². The number of nitrogens with zero attached hydrogens (tertiary/aromatic N) is 2. The lowest BCUT2D eigenvalue weighted by Gasteiger charge is -2.20. The number of anilines is 1. The van der Waals surface area contributed by atoms with Gasteiger partial charge >= 0.3 is 0 Å². The first-order valence-corrected chi connectivity index (χ1v) is 10.8. The van der Waals surface area contributed by atoms with Gasteiger partial charge in [-0.25, -0.2) is 4.98 Å². The van der Waals surface area contributed by atoms with Crippen LogP contribution in [-0.2, 0) is 11.3 Å². The normalized spacial score (nSPS) is 10.9. The number of hydrogen-bond donors (Lipinski definition) is 0. The van der Waals surface area contributed by atoms with Crippen molar-refractivity contribution in [1.29, 1.82) is 0 Å². The molecule has 0 aliphatic carbocycles. The Labute approximate surface area is 184 Å². The zero-order valence-corrected chi connectivity index (χ0v) is 18.3. The lowest BCUT2D eigenvalue weighted by atomic mass is 10.2. The molecule has 0 radical (unpaired) electrons. The third kappa shape index (κ3) is 4.32. The topological polar surface area (TPSA) is 42.4 Å². The number of aryl methyl sites for hydroxylation is 2. The summed E-state index contributed by atoms with van der Waals surface area (Å²) in [6.07, 6.45) is 0. The Kier molecular flexibility index (Phi) is 6.02. The lowest BCUT2D eigenvalue weighted by molar-refractivity contribution is -0.120. The van der Waals surface area contributed by atoms with Crippen molar-refractivity contribution in [2.45, 2.75) is 20.4 Å². The summed E-state index contributed by atoms with van der Waals surface area (Å²) in [5, 5.41) is 1.31. The molecule has 3 aromatic carbocycles. The summed E-state index contributed by atoms with van der Waals surface area (Å²) in [4.78, 5) is 19.6. The average Bonchev–Trinajstić information content (AvgIpc) is 3.19. The maximum atomic E-state index is 13.2. The second-order valence-corrected chi connectivity index (χ2v) is 8.45. The SMILES string of the molecule is Cc1ccccc1OCC(=O)N(Cc1ccccc1)c1nc2c(C)c(Cl)ccc2s1. The summed E-state index contributed by atoms with van der Waals surface area (Å²) in [5.41, 5.74) is 3.76. The number of fused-ring (bicyclic) bond motifs is 1. The van der Waals surface area contributed by atoms with Gasteiger partial charge in [-0.05, 0) is 48.7 Å². The Hall–Kier alpha value is -2.89. The largest absolute Gasteiger partial charge is 0.483 e. The van der Waals surface area contributed by atoms with Crippen LogP contribution in [0.4, 0.5) is 5.13 Å². The van der Waals surface area contributed by atoms with Gasteiger partial charge in [-0.3, -0.25) is 9.69 Å². The fourth-order valence-electron chi connectivity index (χ4n) is 3.17. The first kappa shape index (κ1) is 20.4. The number of rotatable bonds is 6. The molecule has 30 heavy (non-hydrogen) atoms. The van der Waals surface area contributed by atoms with E-state index in [0.29, 0.717) is 22.4 Å². The van der Waals surface area contributed by atoms with E-state index in [2.05, 4.69) is 0 Å². The van der Waals surface area contributed by atoms with Crippen LogP contribution in [0, 0.1) is 13.8 Å². The third-order valence-electron chi connectivity index (χ3n) is 4.90. The first-order chi connectivity index (χ1) is 14.5. The zero-order valence-electron chi connectivity index (χ0n) is 16.8. The molecular weight excluding hydrogens is 416 g/mol. The Morgan fingerprint density at radius 2 is 1.77 bits per heavy atom. The van der Waals surface area contributed by atoms with E-state index >= 15 is 0 Å². The Bertz CT molecular complexity index is 1190. The Morgan fingerprint density at radius 3 is 2.53 bits per heavy atom. The highest BCUT2D eigenvalue weighted by Crippen LogP contribution is 2.34. The van der Waals surface area contributed by atoms with Crippen LogP contribution < -0.4 is 9.64 Å². The number of thiazole rings is 1. The molecular formula is C24H21ClN2O2S. The predicted octanol–water partition coefficient (Wildman–Crippen LogP) is 6.18. The lowest BCUT2D eigenvalue weighted by Crippen LogP contribution is -2.34. The van der Waals surface area contributed by atoms with Gasteiger partial charge in [0.2, 0.25) is 0 Å². The summed E-state index contributed by atoms with van der Waals surface area (Å²) in [6, 6.07) is 21.4. The standard InChI is InChI=1S/C24H21ClN2O2S/c1-16-8-6-7-11-20(16)29-15-22(28)27(14-18-9-4-3-5-10-18)24-26-23-17(2)19(25)12-13-21(23)30-24/h3-13H,14-15H2,1-2H3. The Morgan fingerprint density at radius 1 is 1.03 bits per heavy atom. The van der Waals surface area contributed by atoms with Crippen LogP contribution in [0.25, 0.3) is 10.2 Å².